The van der Waals surface area contributed by atoms with Gasteiger partial charge in [0.05, 0.1) is 6.61 Å². The van der Waals surface area contributed by atoms with Crippen LogP contribution in [0.5, 0.6) is 5.75 Å². The summed E-state index contributed by atoms with van der Waals surface area (Å²) in [5.74, 6) is -1.59. The Morgan fingerprint density at radius 2 is 1.88 bits per heavy atom. The van der Waals surface area contributed by atoms with Crippen LogP contribution in [0.3, 0.4) is 0 Å². The highest BCUT2D eigenvalue weighted by molar-refractivity contribution is 5.93. The Labute approximate surface area is 147 Å². The number of carbonyl (C=O) groups excluding carboxylic acids is 1. The van der Waals surface area contributed by atoms with Gasteiger partial charge in [-0.2, -0.15) is 10.3 Å². The van der Waals surface area contributed by atoms with Gasteiger partial charge in [-0.3, -0.25) is 0 Å². The van der Waals surface area contributed by atoms with Gasteiger partial charge >= 0.3 is 5.97 Å². The lowest BCUT2D eigenvalue weighted by atomic mass is 10.1. The highest BCUT2D eigenvalue weighted by Crippen LogP contribution is 2.26. The van der Waals surface area contributed by atoms with Crippen LogP contribution in [-0.4, -0.2) is 28.0 Å². The van der Waals surface area contributed by atoms with Crippen molar-refractivity contribution in [3.63, 3.8) is 0 Å². The lowest BCUT2D eigenvalue weighted by Gasteiger charge is -2.08. The Kier molecular flexibility index (Phi) is 5.21. The van der Waals surface area contributed by atoms with Gasteiger partial charge in [0.1, 0.15) is 18.1 Å². The predicted octanol–water partition coefficient (Wildman–Crippen LogP) is 3.51. The van der Waals surface area contributed by atoms with Crippen molar-refractivity contribution in [3.8, 4) is 17.0 Å². The summed E-state index contributed by atoms with van der Waals surface area (Å²) in [4.78, 5) is 11.8. The minimum Gasteiger partial charge on any atom is -0.486 e. The Bertz CT molecular complexity index is 910. The molecule has 3 aromatic rings. The number of benzene rings is 2. The molecule has 0 unspecified atom stereocenters. The Hall–Kier alpha value is -3.29. The summed E-state index contributed by atoms with van der Waals surface area (Å²) in [6.45, 7) is 1.95. The first-order valence-electron chi connectivity index (χ1n) is 7.83. The minimum absolute atomic E-state index is 0.0220. The number of hydrogen-bond acceptors (Lipinski definition) is 5. The normalized spacial score (nSPS) is 10.6. The second-order valence-electron chi connectivity index (χ2n) is 5.30. The molecule has 0 fully saturated rings. The van der Waals surface area contributed by atoms with E-state index in [2.05, 4.69) is 15.4 Å². The molecule has 134 valence electrons. The number of hydrogen-bond donors (Lipinski definition) is 1. The Balaban J connectivity index is 1.77. The molecule has 0 saturated heterocycles. The zero-order valence-corrected chi connectivity index (χ0v) is 13.8. The van der Waals surface area contributed by atoms with E-state index in [9.17, 15) is 13.6 Å². The zero-order valence-electron chi connectivity index (χ0n) is 13.8. The molecule has 0 atom stereocenters. The van der Waals surface area contributed by atoms with Gasteiger partial charge in [0, 0.05) is 5.56 Å². The van der Waals surface area contributed by atoms with Crippen LogP contribution in [0.2, 0.25) is 0 Å². The van der Waals surface area contributed by atoms with Gasteiger partial charge < -0.3 is 9.47 Å². The molecule has 8 heteroatoms. The maximum atomic E-state index is 14.3. The average Bonchev–Trinajstić information content (AvgIpc) is 3.12. The van der Waals surface area contributed by atoms with E-state index in [-0.39, 0.29) is 36.2 Å². The fourth-order valence-corrected chi connectivity index (χ4v) is 2.28. The van der Waals surface area contributed by atoms with Crippen molar-refractivity contribution in [2.75, 3.05) is 6.61 Å². The second-order valence-corrected chi connectivity index (χ2v) is 5.30. The molecular weight excluding hydrogens is 344 g/mol. The van der Waals surface area contributed by atoms with E-state index in [4.69, 9.17) is 9.47 Å². The van der Waals surface area contributed by atoms with Gasteiger partial charge in [-0.1, -0.05) is 12.1 Å². The molecule has 3 rings (SSSR count). The molecule has 0 radical (unpaired) electrons. The molecule has 26 heavy (non-hydrogen) atoms. The van der Waals surface area contributed by atoms with Crippen LogP contribution in [0, 0.1) is 11.6 Å². The number of ether oxygens (including phenoxy) is 2. The third-order valence-electron chi connectivity index (χ3n) is 3.53. The van der Waals surface area contributed by atoms with E-state index in [0.717, 1.165) is 0 Å². The molecule has 2 aromatic carbocycles. The van der Waals surface area contributed by atoms with Gasteiger partial charge in [0.2, 0.25) is 0 Å². The number of nitrogens with zero attached hydrogens (tertiary/aromatic N) is 2. The number of carbonyl (C=O) groups is 1. The van der Waals surface area contributed by atoms with Crippen LogP contribution in [0.15, 0.2) is 42.5 Å². The fraction of sp³-hybridized carbons (Fsp3) is 0.167. The highest BCUT2D eigenvalue weighted by atomic mass is 19.1. The highest BCUT2D eigenvalue weighted by Gasteiger charge is 2.20. The fourth-order valence-electron chi connectivity index (χ4n) is 2.28. The maximum absolute atomic E-state index is 14.3. The van der Waals surface area contributed by atoms with Crippen LogP contribution in [0.25, 0.3) is 11.3 Å². The maximum Gasteiger partial charge on any atom is 0.361 e. The van der Waals surface area contributed by atoms with Crippen LogP contribution in [0.1, 0.15) is 23.0 Å². The van der Waals surface area contributed by atoms with Gasteiger partial charge in [0.15, 0.2) is 17.3 Å². The van der Waals surface area contributed by atoms with Crippen molar-refractivity contribution in [1.29, 1.82) is 0 Å². The monoisotopic (exact) mass is 359 g/mol. The number of aromatic amines is 1. The first kappa shape index (κ1) is 17.5. The molecular formula is C18H15F2N3O3. The summed E-state index contributed by atoms with van der Waals surface area (Å²) >= 11 is 0. The van der Waals surface area contributed by atoms with E-state index in [1.54, 1.807) is 25.1 Å². The number of nitrogens with one attached hydrogen (secondary N) is 1. The van der Waals surface area contributed by atoms with Crippen LogP contribution in [-0.2, 0) is 11.3 Å². The molecule has 6 nitrogen and oxygen atoms in total. The summed E-state index contributed by atoms with van der Waals surface area (Å²) in [7, 11) is 0. The minimum atomic E-state index is -0.645. The summed E-state index contributed by atoms with van der Waals surface area (Å²) in [5.41, 5.74) is 1.23. The first-order valence-corrected chi connectivity index (χ1v) is 7.83. The van der Waals surface area contributed by atoms with Crippen LogP contribution < -0.4 is 4.74 Å². The van der Waals surface area contributed by atoms with Gasteiger partial charge in [0.25, 0.3) is 0 Å². The molecule has 0 amide bonds. The lowest BCUT2D eigenvalue weighted by Crippen LogP contribution is -2.07. The first-order chi connectivity index (χ1) is 12.6. The standard InChI is InChI=1S/C18H15F2N3O3/c1-2-25-18(24)17-16(21-23-22-17)12-5-8-15(14(20)9-12)26-10-11-3-6-13(19)7-4-11/h3-9H,2,10H2,1H3,(H,21,22,23). The molecule has 0 aliphatic heterocycles. The van der Waals surface area contributed by atoms with Crippen LogP contribution >= 0.6 is 0 Å². The second kappa shape index (κ2) is 7.73. The summed E-state index contributed by atoms with van der Waals surface area (Å²) in [6, 6.07) is 9.91. The van der Waals surface area contributed by atoms with Crippen molar-refractivity contribution in [1.82, 2.24) is 15.4 Å². The topological polar surface area (TPSA) is 77.1 Å². The summed E-state index contributed by atoms with van der Waals surface area (Å²) < 4.78 is 37.5. The van der Waals surface area contributed by atoms with E-state index < -0.39 is 11.8 Å². The third-order valence-corrected chi connectivity index (χ3v) is 3.53. The third kappa shape index (κ3) is 3.85. The average molecular weight is 359 g/mol. The predicted molar refractivity (Wildman–Crippen MR) is 88.5 cm³/mol. The lowest BCUT2D eigenvalue weighted by molar-refractivity contribution is 0.0520. The molecule has 0 bridgehead atoms. The van der Waals surface area contributed by atoms with Crippen LogP contribution in [0.4, 0.5) is 8.78 Å². The van der Waals surface area contributed by atoms with Crippen molar-refractivity contribution >= 4 is 5.97 Å². The Morgan fingerprint density at radius 3 is 2.58 bits per heavy atom. The van der Waals surface area contributed by atoms with Crippen molar-refractivity contribution in [3.05, 3.63) is 65.4 Å². The quantitative estimate of drug-likeness (QED) is 0.682. The van der Waals surface area contributed by atoms with Crippen molar-refractivity contribution in [2.24, 2.45) is 0 Å². The number of esters is 1. The molecule has 0 aliphatic carbocycles. The van der Waals surface area contributed by atoms with Gasteiger partial charge in [-0.25, -0.2) is 13.6 Å². The zero-order chi connectivity index (χ0) is 18.5. The molecule has 1 heterocycles. The summed E-state index contributed by atoms with van der Waals surface area (Å²) in [6.07, 6.45) is 0. The van der Waals surface area contributed by atoms with E-state index in [1.807, 2.05) is 0 Å². The molecule has 0 saturated carbocycles. The Morgan fingerprint density at radius 1 is 1.12 bits per heavy atom. The SMILES string of the molecule is CCOC(=O)c1n[nH]nc1-c1ccc(OCc2ccc(F)cc2)c(F)c1. The molecule has 0 spiro atoms. The van der Waals surface area contributed by atoms with Crippen molar-refractivity contribution in [2.45, 2.75) is 13.5 Å². The van der Waals surface area contributed by atoms with E-state index >= 15 is 0 Å². The van der Waals surface area contributed by atoms with E-state index in [1.165, 1.54) is 24.3 Å². The molecule has 1 aromatic heterocycles. The van der Waals surface area contributed by atoms with E-state index in [0.29, 0.717) is 11.1 Å². The molecule has 1 N–H and O–H groups in total. The van der Waals surface area contributed by atoms with Gasteiger partial charge in [-0.05, 0) is 42.8 Å². The number of aromatic nitrogens is 3. The van der Waals surface area contributed by atoms with Crippen molar-refractivity contribution < 1.29 is 23.0 Å². The number of H-pyrrole nitrogens is 1. The smallest absolute Gasteiger partial charge is 0.361 e. The number of rotatable bonds is 6. The largest absolute Gasteiger partial charge is 0.486 e. The number of halogens is 2. The molecule has 0 aliphatic rings. The summed E-state index contributed by atoms with van der Waals surface area (Å²) in [5, 5.41) is 9.97. The van der Waals surface area contributed by atoms with Gasteiger partial charge in [-0.15, -0.1) is 5.10 Å².